The minimum Gasteiger partial charge on any atom is -0.598 e. The molecule has 2 aromatic rings. The summed E-state index contributed by atoms with van der Waals surface area (Å²) in [6.07, 6.45) is -4.40. The standard InChI is InChI=1S/C15H18F3NO2S/c1-9(19-22(20)14(2,3)4)12-7-10-5-6-11(15(16,17)18)8-13(10)21-12/h5-9,19H,1-4H3/t9-,22?/m1/s1. The molecule has 0 aliphatic heterocycles. The van der Waals surface area contributed by atoms with Crippen molar-refractivity contribution in [1.82, 2.24) is 4.72 Å². The first-order valence-electron chi connectivity index (χ1n) is 6.77. The predicted molar refractivity (Wildman–Crippen MR) is 80.7 cm³/mol. The van der Waals surface area contributed by atoms with Crippen molar-refractivity contribution < 1.29 is 22.1 Å². The molecule has 1 heterocycles. The Labute approximate surface area is 130 Å². The average Bonchev–Trinajstić information content (AvgIpc) is 2.79. The highest BCUT2D eigenvalue weighted by atomic mass is 32.2. The zero-order valence-electron chi connectivity index (χ0n) is 12.7. The zero-order chi connectivity index (χ0) is 16.7. The van der Waals surface area contributed by atoms with Crippen LogP contribution in [0.5, 0.6) is 0 Å². The fraction of sp³-hybridized carbons (Fsp3) is 0.467. The lowest BCUT2D eigenvalue weighted by atomic mass is 10.1. The first-order valence-corrected chi connectivity index (χ1v) is 7.92. The maximum absolute atomic E-state index is 12.7. The summed E-state index contributed by atoms with van der Waals surface area (Å²) >= 11 is -1.30. The monoisotopic (exact) mass is 333 g/mol. The number of benzene rings is 1. The van der Waals surface area contributed by atoms with Gasteiger partial charge in [-0.2, -0.15) is 13.2 Å². The van der Waals surface area contributed by atoms with Gasteiger partial charge in [-0.1, -0.05) is 6.07 Å². The first-order chi connectivity index (χ1) is 9.98. The fourth-order valence-corrected chi connectivity index (χ4v) is 2.63. The summed E-state index contributed by atoms with van der Waals surface area (Å²) in [7, 11) is 0. The second-order valence-electron chi connectivity index (χ2n) is 6.12. The van der Waals surface area contributed by atoms with E-state index >= 15 is 0 Å². The lowest BCUT2D eigenvalue weighted by molar-refractivity contribution is -0.137. The lowest BCUT2D eigenvalue weighted by Gasteiger charge is -2.25. The highest BCUT2D eigenvalue weighted by Crippen LogP contribution is 2.33. The van der Waals surface area contributed by atoms with Crippen molar-refractivity contribution in [2.24, 2.45) is 0 Å². The third-order valence-electron chi connectivity index (χ3n) is 3.13. The number of alkyl halides is 3. The van der Waals surface area contributed by atoms with Crippen molar-refractivity contribution in [1.29, 1.82) is 0 Å². The van der Waals surface area contributed by atoms with Crippen molar-refractivity contribution in [3.8, 4) is 0 Å². The number of hydrogen-bond acceptors (Lipinski definition) is 3. The van der Waals surface area contributed by atoms with E-state index in [-0.39, 0.29) is 11.6 Å². The van der Waals surface area contributed by atoms with E-state index in [0.29, 0.717) is 11.1 Å². The van der Waals surface area contributed by atoms with Crippen LogP contribution in [0.4, 0.5) is 13.2 Å². The van der Waals surface area contributed by atoms with E-state index in [0.717, 1.165) is 12.1 Å². The maximum atomic E-state index is 12.7. The van der Waals surface area contributed by atoms with Gasteiger partial charge < -0.3 is 8.97 Å². The van der Waals surface area contributed by atoms with E-state index < -0.39 is 27.8 Å². The molecule has 2 rings (SSSR count). The van der Waals surface area contributed by atoms with E-state index in [1.807, 2.05) is 20.8 Å². The van der Waals surface area contributed by atoms with Crippen molar-refractivity contribution >= 4 is 22.3 Å². The summed E-state index contributed by atoms with van der Waals surface area (Å²) < 4.78 is 58.1. The van der Waals surface area contributed by atoms with Crippen molar-refractivity contribution in [2.45, 2.75) is 44.7 Å². The summed E-state index contributed by atoms with van der Waals surface area (Å²) in [6, 6.07) is 4.66. The number of furan rings is 1. The molecule has 22 heavy (non-hydrogen) atoms. The van der Waals surface area contributed by atoms with Crippen molar-refractivity contribution in [3.63, 3.8) is 0 Å². The van der Waals surface area contributed by atoms with Crippen LogP contribution >= 0.6 is 0 Å². The number of rotatable bonds is 3. The summed E-state index contributed by atoms with van der Waals surface area (Å²) in [5.74, 6) is 0.451. The van der Waals surface area contributed by atoms with Gasteiger partial charge in [0.1, 0.15) is 22.1 Å². The molecule has 1 N–H and O–H groups in total. The van der Waals surface area contributed by atoms with Crippen LogP contribution in [-0.2, 0) is 17.5 Å². The molecule has 0 bridgehead atoms. The Morgan fingerprint density at radius 1 is 1.18 bits per heavy atom. The SMILES string of the molecule is C[C@@H](N[S+]([O-])C(C)(C)C)c1cc2ccc(C(F)(F)F)cc2o1. The predicted octanol–water partition coefficient (Wildman–Crippen LogP) is 4.56. The molecule has 0 radical (unpaired) electrons. The number of hydrogen-bond donors (Lipinski definition) is 1. The summed E-state index contributed by atoms with van der Waals surface area (Å²) in [5.41, 5.74) is -0.584. The molecule has 1 aromatic heterocycles. The van der Waals surface area contributed by atoms with E-state index in [2.05, 4.69) is 4.72 Å². The Bertz CT molecular complexity index is 661. The zero-order valence-corrected chi connectivity index (χ0v) is 13.6. The van der Waals surface area contributed by atoms with Crippen LogP contribution in [0.2, 0.25) is 0 Å². The van der Waals surface area contributed by atoms with Gasteiger partial charge in [-0.15, -0.1) is 4.72 Å². The first kappa shape index (κ1) is 17.2. The molecule has 0 saturated heterocycles. The van der Waals surface area contributed by atoms with Gasteiger partial charge in [-0.05, 0) is 45.9 Å². The topological polar surface area (TPSA) is 48.2 Å². The molecule has 0 fully saturated rings. The molecule has 0 amide bonds. The molecule has 7 heteroatoms. The van der Waals surface area contributed by atoms with Gasteiger partial charge >= 0.3 is 6.18 Å². The Morgan fingerprint density at radius 3 is 2.36 bits per heavy atom. The maximum Gasteiger partial charge on any atom is 0.416 e. The second kappa shape index (κ2) is 5.79. The molecule has 122 valence electrons. The molecule has 0 spiro atoms. The van der Waals surface area contributed by atoms with Gasteiger partial charge in [0.25, 0.3) is 0 Å². The Morgan fingerprint density at radius 2 is 1.82 bits per heavy atom. The van der Waals surface area contributed by atoms with Gasteiger partial charge in [0.15, 0.2) is 0 Å². The van der Waals surface area contributed by atoms with Crippen LogP contribution in [0.15, 0.2) is 28.7 Å². The van der Waals surface area contributed by atoms with Gasteiger partial charge in [-0.3, -0.25) is 0 Å². The molecular formula is C15H18F3NO2S. The van der Waals surface area contributed by atoms with Gasteiger partial charge in [0.2, 0.25) is 0 Å². The summed E-state index contributed by atoms with van der Waals surface area (Å²) in [6.45, 7) is 7.25. The second-order valence-corrected chi connectivity index (χ2v) is 8.12. The van der Waals surface area contributed by atoms with Crippen molar-refractivity contribution in [3.05, 3.63) is 35.6 Å². The van der Waals surface area contributed by atoms with E-state index in [1.165, 1.54) is 6.07 Å². The van der Waals surface area contributed by atoms with E-state index in [4.69, 9.17) is 4.42 Å². The molecule has 0 saturated carbocycles. The third kappa shape index (κ3) is 3.77. The van der Waals surface area contributed by atoms with Crippen LogP contribution in [0, 0.1) is 0 Å². The van der Waals surface area contributed by atoms with Crippen LogP contribution in [0.3, 0.4) is 0 Å². The number of halogens is 3. The van der Waals surface area contributed by atoms with E-state index in [1.54, 1.807) is 13.0 Å². The van der Waals surface area contributed by atoms with Crippen LogP contribution in [0.25, 0.3) is 11.0 Å². The average molecular weight is 333 g/mol. The van der Waals surface area contributed by atoms with Gasteiger partial charge in [0.05, 0.1) is 5.56 Å². The highest BCUT2D eigenvalue weighted by Gasteiger charge is 2.32. The minimum atomic E-state index is -4.40. The summed E-state index contributed by atoms with van der Waals surface area (Å²) in [5, 5.41) is 0.582. The minimum absolute atomic E-state index is 0.167. The molecule has 0 aliphatic rings. The number of fused-ring (bicyclic) bond motifs is 1. The Kier molecular flexibility index (Phi) is 4.52. The van der Waals surface area contributed by atoms with Gasteiger partial charge in [0, 0.05) is 16.7 Å². The molecule has 2 atom stereocenters. The van der Waals surface area contributed by atoms with Crippen LogP contribution in [0.1, 0.15) is 45.1 Å². The van der Waals surface area contributed by atoms with Crippen molar-refractivity contribution in [2.75, 3.05) is 0 Å². The third-order valence-corrected chi connectivity index (χ3v) is 4.81. The molecular weight excluding hydrogens is 315 g/mol. The Balaban J connectivity index is 2.26. The molecule has 1 unspecified atom stereocenters. The van der Waals surface area contributed by atoms with E-state index in [9.17, 15) is 17.7 Å². The quantitative estimate of drug-likeness (QED) is 0.837. The highest BCUT2D eigenvalue weighted by molar-refractivity contribution is 7.90. The normalized spacial score (nSPS) is 16.0. The number of nitrogens with one attached hydrogen (secondary N) is 1. The fourth-order valence-electron chi connectivity index (χ4n) is 1.84. The smallest absolute Gasteiger partial charge is 0.416 e. The Hall–Kier alpha value is -1.18. The molecule has 0 aliphatic carbocycles. The molecule has 3 nitrogen and oxygen atoms in total. The largest absolute Gasteiger partial charge is 0.598 e. The van der Waals surface area contributed by atoms with Crippen LogP contribution in [-0.4, -0.2) is 9.30 Å². The lowest BCUT2D eigenvalue weighted by Crippen LogP contribution is -2.40. The summed E-state index contributed by atoms with van der Waals surface area (Å²) in [4.78, 5) is 0. The van der Waals surface area contributed by atoms with Crippen LogP contribution < -0.4 is 4.72 Å². The molecule has 1 aromatic carbocycles. The van der Waals surface area contributed by atoms with Gasteiger partial charge in [-0.25, -0.2) is 0 Å².